The lowest BCUT2D eigenvalue weighted by Gasteiger charge is -2.01. The molecule has 64 valence electrons. The number of nitrogens with zero attached hydrogens (tertiary/aromatic N) is 1. The topological polar surface area (TPSA) is 121 Å². The van der Waals surface area contributed by atoms with Crippen molar-refractivity contribution in [3.8, 4) is 0 Å². The molecule has 0 amide bonds. The molecule has 12 heavy (non-hydrogen) atoms. The van der Waals surface area contributed by atoms with Crippen molar-refractivity contribution in [1.29, 1.82) is 0 Å². The van der Waals surface area contributed by atoms with E-state index in [1.165, 1.54) is 6.07 Å². The number of nitrogens with two attached hydrogens (primary N) is 3. The van der Waals surface area contributed by atoms with Gasteiger partial charge in [0.1, 0.15) is 5.69 Å². The van der Waals surface area contributed by atoms with Crippen LogP contribution >= 0.6 is 0 Å². The number of anilines is 3. The van der Waals surface area contributed by atoms with Gasteiger partial charge in [0.05, 0.1) is 16.3 Å². The summed E-state index contributed by atoms with van der Waals surface area (Å²) in [5, 5.41) is 10.3. The number of nitro groups is 1. The van der Waals surface area contributed by atoms with Gasteiger partial charge in [-0.3, -0.25) is 10.1 Å². The minimum absolute atomic E-state index is 0.0201. The van der Waals surface area contributed by atoms with Gasteiger partial charge in [-0.1, -0.05) is 0 Å². The normalized spacial score (nSPS) is 9.67. The van der Waals surface area contributed by atoms with Crippen molar-refractivity contribution in [2.24, 2.45) is 0 Å². The summed E-state index contributed by atoms with van der Waals surface area (Å²) in [4.78, 5) is 9.71. The zero-order chi connectivity index (χ0) is 9.30. The first kappa shape index (κ1) is 8.12. The maximum atomic E-state index is 10.3. The van der Waals surface area contributed by atoms with Crippen molar-refractivity contribution < 1.29 is 4.92 Å². The third kappa shape index (κ3) is 1.22. The second-order valence-corrected chi connectivity index (χ2v) is 2.30. The molecule has 0 aromatic heterocycles. The Kier molecular flexibility index (Phi) is 1.74. The Hall–Kier alpha value is -1.98. The van der Waals surface area contributed by atoms with Crippen LogP contribution in [0.4, 0.5) is 22.7 Å². The summed E-state index contributed by atoms with van der Waals surface area (Å²) in [5.74, 6) is 0. The lowest BCUT2D eigenvalue weighted by molar-refractivity contribution is -0.383. The van der Waals surface area contributed by atoms with Crippen LogP contribution in [-0.4, -0.2) is 4.92 Å². The third-order valence-corrected chi connectivity index (χ3v) is 1.43. The van der Waals surface area contributed by atoms with Crippen molar-refractivity contribution in [3.05, 3.63) is 22.2 Å². The molecule has 0 saturated carbocycles. The minimum Gasteiger partial charge on any atom is -0.397 e. The number of rotatable bonds is 1. The average Bonchev–Trinajstić information content (AvgIpc) is 1.96. The zero-order valence-electron chi connectivity index (χ0n) is 6.15. The summed E-state index contributed by atoms with van der Waals surface area (Å²) in [6, 6.07) is 2.41. The average molecular weight is 168 g/mol. The fraction of sp³-hybridized carbons (Fsp3) is 0. The van der Waals surface area contributed by atoms with E-state index >= 15 is 0 Å². The van der Waals surface area contributed by atoms with E-state index in [1.54, 1.807) is 0 Å². The van der Waals surface area contributed by atoms with E-state index in [1.807, 2.05) is 0 Å². The summed E-state index contributed by atoms with van der Waals surface area (Å²) in [5.41, 5.74) is 16.2. The first-order valence-electron chi connectivity index (χ1n) is 3.11. The van der Waals surface area contributed by atoms with E-state index < -0.39 is 4.92 Å². The second-order valence-electron chi connectivity index (χ2n) is 2.30. The standard InChI is InChI=1S/C6H8N4O2/c7-3-1-5(9)6(10(11)12)2-4(3)8/h1-2H,7-9H2. The van der Waals surface area contributed by atoms with Gasteiger partial charge in [-0.05, 0) is 6.07 Å². The molecule has 0 heterocycles. The van der Waals surface area contributed by atoms with E-state index in [2.05, 4.69) is 0 Å². The van der Waals surface area contributed by atoms with E-state index in [9.17, 15) is 10.1 Å². The van der Waals surface area contributed by atoms with Crippen LogP contribution in [-0.2, 0) is 0 Å². The summed E-state index contributed by atoms with van der Waals surface area (Å²) in [6.45, 7) is 0. The van der Waals surface area contributed by atoms with Gasteiger partial charge in [0.15, 0.2) is 0 Å². The summed E-state index contributed by atoms with van der Waals surface area (Å²) in [6.07, 6.45) is 0. The lowest BCUT2D eigenvalue weighted by atomic mass is 10.2. The Balaban J connectivity index is 3.33. The van der Waals surface area contributed by atoms with Gasteiger partial charge >= 0.3 is 0 Å². The van der Waals surface area contributed by atoms with Gasteiger partial charge in [0, 0.05) is 6.07 Å². The number of nitro benzene ring substituents is 1. The second kappa shape index (κ2) is 2.57. The van der Waals surface area contributed by atoms with Gasteiger partial charge in [-0.25, -0.2) is 0 Å². The minimum atomic E-state index is -0.606. The van der Waals surface area contributed by atoms with Crippen molar-refractivity contribution >= 4 is 22.7 Å². The molecule has 0 atom stereocenters. The van der Waals surface area contributed by atoms with Crippen molar-refractivity contribution in [2.45, 2.75) is 0 Å². The maximum absolute atomic E-state index is 10.3. The quantitative estimate of drug-likeness (QED) is 0.317. The summed E-state index contributed by atoms with van der Waals surface area (Å²) >= 11 is 0. The third-order valence-electron chi connectivity index (χ3n) is 1.43. The highest BCUT2D eigenvalue weighted by Gasteiger charge is 2.12. The molecule has 6 heteroatoms. The molecular formula is C6H8N4O2. The number of hydrogen-bond acceptors (Lipinski definition) is 5. The summed E-state index contributed by atoms with van der Waals surface area (Å²) < 4.78 is 0. The van der Waals surface area contributed by atoms with E-state index in [-0.39, 0.29) is 22.7 Å². The molecule has 0 aliphatic heterocycles. The highest BCUT2D eigenvalue weighted by molar-refractivity contribution is 5.76. The Morgan fingerprint density at radius 3 is 2.08 bits per heavy atom. The SMILES string of the molecule is Nc1cc(N)c([N+](=O)[O-])cc1N. The molecule has 6 N–H and O–H groups in total. The molecule has 0 unspecified atom stereocenters. The van der Waals surface area contributed by atoms with Crippen molar-refractivity contribution in [2.75, 3.05) is 17.2 Å². The largest absolute Gasteiger partial charge is 0.397 e. The monoisotopic (exact) mass is 168 g/mol. The first-order chi connectivity index (χ1) is 5.52. The van der Waals surface area contributed by atoms with Crippen LogP contribution in [0.2, 0.25) is 0 Å². The molecule has 1 rings (SSSR count). The predicted molar refractivity (Wildman–Crippen MR) is 46.3 cm³/mol. The predicted octanol–water partition coefficient (Wildman–Crippen LogP) is 0.341. The molecule has 1 aromatic carbocycles. The van der Waals surface area contributed by atoms with Crippen molar-refractivity contribution in [3.63, 3.8) is 0 Å². The molecule has 0 fully saturated rings. The Morgan fingerprint density at radius 1 is 1.08 bits per heavy atom. The molecule has 0 bridgehead atoms. The van der Waals surface area contributed by atoms with E-state index in [0.717, 1.165) is 6.07 Å². The highest BCUT2D eigenvalue weighted by Crippen LogP contribution is 2.28. The van der Waals surface area contributed by atoms with Crippen LogP contribution in [0.25, 0.3) is 0 Å². The molecule has 1 aromatic rings. The molecule has 0 saturated heterocycles. The number of nitrogen functional groups attached to an aromatic ring is 3. The fourth-order valence-electron chi connectivity index (χ4n) is 0.797. The Bertz CT molecular complexity index is 337. The van der Waals surface area contributed by atoms with Crippen molar-refractivity contribution in [1.82, 2.24) is 0 Å². The van der Waals surface area contributed by atoms with Crippen LogP contribution in [0.1, 0.15) is 0 Å². The van der Waals surface area contributed by atoms with Gasteiger partial charge in [-0.2, -0.15) is 0 Å². The van der Waals surface area contributed by atoms with Crippen LogP contribution in [0.3, 0.4) is 0 Å². The van der Waals surface area contributed by atoms with Gasteiger partial charge in [0.2, 0.25) is 0 Å². The van der Waals surface area contributed by atoms with Gasteiger partial charge in [-0.15, -0.1) is 0 Å². The lowest BCUT2D eigenvalue weighted by Crippen LogP contribution is -2.00. The zero-order valence-corrected chi connectivity index (χ0v) is 6.15. The Labute approximate surface area is 68.1 Å². The van der Waals surface area contributed by atoms with Gasteiger partial charge in [0.25, 0.3) is 5.69 Å². The van der Waals surface area contributed by atoms with Crippen LogP contribution in [0.15, 0.2) is 12.1 Å². The van der Waals surface area contributed by atoms with E-state index in [0.29, 0.717) is 0 Å². The summed E-state index contributed by atoms with van der Waals surface area (Å²) in [7, 11) is 0. The molecule has 6 nitrogen and oxygen atoms in total. The highest BCUT2D eigenvalue weighted by atomic mass is 16.6. The molecule has 0 spiro atoms. The smallest absolute Gasteiger partial charge is 0.294 e. The van der Waals surface area contributed by atoms with Gasteiger partial charge < -0.3 is 17.2 Å². The molecule has 0 aliphatic carbocycles. The molecular weight excluding hydrogens is 160 g/mol. The first-order valence-corrected chi connectivity index (χ1v) is 3.11. The molecule has 0 radical (unpaired) electrons. The fourth-order valence-corrected chi connectivity index (χ4v) is 0.797. The number of benzene rings is 1. The molecule has 0 aliphatic rings. The van der Waals surface area contributed by atoms with E-state index in [4.69, 9.17) is 17.2 Å². The van der Waals surface area contributed by atoms with Crippen LogP contribution in [0, 0.1) is 10.1 Å². The number of hydrogen-bond donors (Lipinski definition) is 3. The van der Waals surface area contributed by atoms with Crippen LogP contribution in [0.5, 0.6) is 0 Å². The Morgan fingerprint density at radius 2 is 1.58 bits per heavy atom. The maximum Gasteiger partial charge on any atom is 0.294 e. The van der Waals surface area contributed by atoms with Crippen LogP contribution < -0.4 is 17.2 Å².